The molecule has 0 saturated heterocycles. The molecular weight excluding hydrogens is 218 g/mol. The number of carbonyl (C=O) groups is 1. The molecule has 3 N–H and O–H groups in total. The summed E-state index contributed by atoms with van der Waals surface area (Å²) in [5, 5.41) is 0. The minimum absolute atomic E-state index is 0.0741. The highest BCUT2D eigenvalue weighted by molar-refractivity contribution is 5.99. The molecule has 17 heavy (non-hydrogen) atoms. The third kappa shape index (κ3) is 3.44. The van der Waals surface area contributed by atoms with Crippen LogP contribution in [0.15, 0.2) is 18.2 Å². The van der Waals surface area contributed by atoms with Gasteiger partial charge in [0.2, 0.25) is 0 Å². The van der Waals surface area contributed by atoms with Gasteiger partial charge in [-0.2, -0.15) is 0 Å². The third-order valence-corrected chi connectivity index (χ3v) is 2.54. The molecule has 0 aliphatic carbocycles. The highest BCUT2D eigenvalue weighted by Gasteiger charge is 2.15. The van der Waals surface area contributed by atoms with Gasteiger partial charge in [0, 0.05) is 20.7 Å². The standard InChI is InChI=1S/C12H19N3O2/c1-9-4-5-10(11(8-9)14-13)12(16)15(2)6-7-17-3/h4-5,8,14H,6-7,13H2,1-3H3. The molecule has 0 aromatic heterocycles. The maximum Gasteiger partial charge on any atom is 0.255 e. The number of hydrogen-bond donors (Lipinski definition) is 2. The number of likely N-dealkylation sites (N-methyl/N-ethyl adjacent to an activating group) is 1. The number of rotatable bonds is 5. The first-order valence-electron chi connectivity index (χ1n) is 5.41. The first kappa shape index (κ1) is 13.5. The Balaban J connectivity index is 2.87. The van der Waals surface area contributed by atoms with E-state index < -0.39 is 0 Å². The molecule has 5 nitrogen and oxygen atoms in total. The summed E-state index contributed by atoms with van der Waals surface area (Å²) in [7, 11) is 3.35. The Hall–Kier alpha value is -1.59. The van der Waals surface area contributed by atoms with Gasteiger partial charge in [0.1, 0.15) is 0 Å². The van der Waals surface area contributed by atoms with E-state index in [0.29, 0.717) is 24.4 Å². The van der Waals surface area contributed by atoms with Crippen LogP contribution in [-0.2, 0) is 4.74 Å². The molecule has 0 spiro atoms. The van der Waals surface area contributed by atoms with Crippen LogP contribution in [-0.4, -0.2) is 38.1 Å². The van der Waals surface area contributed by atoms with Crippen LogP contribution in [0.1, 0.15) is 15.9 Å². The molecule has 0 radical (unpaired) electrons. The van der Waals surface area contributed by atoms with Crippen LogP contribution in [0.5, 0.6) is 0 Å². The molecule has 94 valence electrons. The number of benzene rings is 1. The second-order valence-electron chi connectivity index (χ2n) is 3.91. The summed E-state index contributed by atoms with van der Waals surface area (Å²) in [6, 6.07) is 5.51. The fraction of sp³-hybridized carbons (Fsp3) is 0.417. The quantitative estimate of drug-likeness (QED) is 0.592. The molecular formula is C12H19N3O2. The van der Waals surface area contributed by atoms with Crippen LogP contribution < -0.4 is 11.3 Å². The van der Waals surface area contributed by atoms with Crippen molar-refractivity contribution in [3.63, 3.8) is 0 Å². The maximum atomic E-state index is 12.1. The Kier molecular flexibility index (Phi) is 4.93. The molecule has 0 aliphatic rings. The summed E-state index contributed by atoms with van der Waals surface area (Å²) < 4.78 is 4.94. The summed E-state index contributed by atoms with van der Waals surface area (Å²) in [4.78, 5) is 13.7. The third-order valence-electron chi connectivity index (χ3n) is 2.54. The Morgan fingerprint density at radius 2 is 2.24 bits per heavy atom. The number of anilines is 1. The number of nitrogens with two attached hydrogens (primary N) is 1. The normalized spacial score (nSPS) is 10.1. The molecule has 0 unspecified atom stereocenters. The van der Waals surface area contributed by atoms with Gasteiger partial charge < -0.3 is 15.1 Å². The Morgan fingerprint density at radius 1 is 1.53 bits per heavy atom. The molecule has 1 amide bonds. The summed E-state index contributed by atoms with van der Waals surface area (Å²) in [5.74, 6) is 5.34. The van der Waals surface area contributed by atoms with Gasteiger partial charge in [0.05, 0.1) is 17.9 Å². The van der Waals surface area contributed by atoms with Gasteiger partial charge in [-0.25, -0.2) is 0 Å². The zero-order chi connectivity index (χ0) is 12.8. The topological polar surface area (TPSA) is 67.6 Å². The van der Waals surface area contributed by atoms with Crippen molar-refractivity contribution in [2.75, 3.05) is 32.7 Å². The van der Waals surface area contributed by atoms with Crippen LogP contribution >= 0.6 is 0 Å². The molecule has 0 aliphatic heterocycles. The van der Waals surface area contributed by atoms with E-state index in [0.717, 1.165) is 5.56 Å². The molecule has 0 atom stereocenters. The van der Waals surface area contributed by atoms with Crippen molar-refractivity contribution in [3.8, 4) is 0 Å². The van der Waals surface area contributed by atoms with Crippen molar-refractivity contribution >= 4 is 11.6 Å². The van der Waals surface area contributed by atoms with E-state index in [-0.39, 0.29) is 5.91 Å². The van der Waals surface area contributed by atoms with Crippen molar-refractivity contribution in [1.29, 1.82) is 0 Å². The number of ether oxygens (including phenoxy) is 1. The summed E-state index contributed by atoms with van der Waals surface area (Å²) in [5.41, 5.74) is 4.80. The van der Waals surface area contributed by atoms with Crippen molar-refractivity contribution in [1.82, 2.24) is 4.90 Å². The average Bonchev–Trinajstić information content (AvgIpc) is 2.34. The van der Waals surface area contributed by atoms with Crippen LogP contribution in [0, 0.1) is 6.92 Å². The van der Waals surface area contributed by atoms with E-state index >= 15 is 0 Å². The minimum atomic E-state index is -0.0741. The predicted octanol–water partition coefficient (Wildman–Crippen LogP) is 0.999. The number of carbonyl (C=O) groups excluding carboxylic acids is 1. The van der Waals surface area contributed by atoms with Crippen LogP contribution in [0.3, 0.4) is 0 Å². The highest BCUT2D eigenvalue weighted by atomic mass is 16.5. The van der Waals surface area contributed by atoms with Crippen LogP contribution in [0.2, 0.25) is 0 Å². The molecule has 0 bridgehead atoms. The van der Waals surface area contributed by atoms with E-state index in [1.54, 1.807) is 25.1 Å². The minimum Gasteiger partial charge on any atom is -0.383 e. The van der Waals surface area contributed by atoms with Gasteiger partial charge >= 0.3 is 0 Å². The Morgan fingerprint density at radius 3 is 2.82 bits per heavy atom. The lowest BCUT2D eigenvalue weighted by Crippen LogP contribution is -2.30. The predicted molar refractivity (Wildman–Crippen MR) is 67.8 cm³/mol. The Bertz CT molecular complexity index is 393. The number of nitrogens with zero attached hydrogens (tertiary/aromatic N) is 1. The maximum absolute atomic E-state index is 12.1. The molecule has 1 rings (SSSR count). The molecule has 0 heterocycles. The van der Waals surface area contributed by atoms with Gasteiger partial charge in [-0.05, 0) is 24.6 Å². The molecule has 0 fully saturated rings. The van der Waals surface area contributed by atoms with Crippen LogP contribution in [0.4, 0.5) is 5.69 Å². The highest BCUT2D eigenvalue weighted by Crippen LogP contribution is 2.17. The van der Waals surface area contributed by atoms with Gasteiger partial charge in [0.15, 0.2) is 0 Å². The SMILES string of the molecule is COCCN(C)C(=O)c1ccc(C)cc1NN. The van der Waals surface area contributed by atoms with E-state index in [9.17, 15) is 4.79 Å². The lowest BCUT2D eigenvalue weighted by atomic mass is 10.1. The molecule has 1 aromatic rings. The lowest BCUT2D eigenvalue weighted by molar-refractivity contribution is 0.0745. The van der Waals surface area contributed by atoms with E-state index in [1.165, 1.54) is 0 Å². The van der Waals surface area contributed by atoms with Crippen LogP contribution in [0.25, 0.3) is 0 Å². The molecule has 1 aromatic carbocycles. The van der Waals surface area contributed by atoms with Crippen molar-refractivity contribution in [2.45, 2.75) is 6.92 Å². The number of methoxy groups -OCH3 is 1. The number of hydrogen-bond acceptors (Lipinski definition) is 4. The zero-order valence-corrected chi connectivity index (χ0v) is 10.5. The second-order valence-corrected chi connectivity index (χ2v) is 3.91. The smallest absolute Gasteiger partial charge is 0.255 e. The number of nitrogen functional groups attached to an aromatic ring is 1. The van der Waals surface area contributed by atoms with E-state index in [2.05, 4.69) is 5.43 Å². The zero-order valence-electron chi connectivity index (χ0n) is 10.5. The molecule has 5 heteroatoms. The first-order valence-corrected chi connectivity index (χ1v) is 5.41. The number of amides is 1. The summed E-state index contributed by atoms with van der Waals surface area (Å²) in [6.45, 7) is 3.01. The fourth-order valence-corrected chi connectivity index (χ4v) is 1.50. The van der Waals surface area contributed by atoms with E-state index in [4.69, 9.17) is 10.6 Å². The largest absolute Gasteiger partial charge is 0.383 e. The van der Waals surface area contributed by atoms with E-state index in [1.807, 2.05) is 19.1 Å². The summed E-state index contributed by atoms with van der Waals surface area (Å²) >= 11 is 0. The molecule has 0 saturated carbocycles. The fourth-order valence-electron chi connectivity index (χ4n) is 1.50. The average molecular weight is 237 g/mol. The number of hydrazine groups is 1. The van der Waals surface area contributed by atoms with Gasteiger partial charge in [-0.3, -0.25) is 10.6 Å². The summed E-state index contributed by atoms with van der Waals surface area (Å²) in [6.07, 6.45) is 0. The first-order chi connectivity index (χ1) is 8.10. The van der Waals surface area contributed by atoms with Gasteiger partial charge in [0.25, 0.3) is 5.91 Å². The van der Waals surface area contributed by atoms with Gasteiger partial charge in [-0.1, -0.05) is 6.07 Å². The second kappa shape index (κ2) is 6.22. The number of aryl methyl sites for hydroxylation is 1. The van der Waals surface area contributed by atoms with Crippen molar-refractivity contribution in [3.05, 3.63) is 29.3 Å². The number of nitrogens with one attached hydrogen (secondary N) is 1. The lowest BCUT2D eigenvalue weighted by Gasteiger charge is -2.18. The monoisotopic (exact) mass is 237 g/mol. The van der Waals surface area contributed by atoms with Crippen molar-refractivity contribution < 1.29 is 9.53 Å². The van der Waals surface area contributed by atoms with Crippen molar-refractivity contribution in [2.24, 2.45) is 5.84 Å². The Labute approximate surface area is 102 Å². The van der Waals surface area contributed by atoms with Gasteiger partial charge in [-0.15, -0.1) is 0 Å².